The molecule has 0 fully saturated rings. The van der Waals surface area contributed by atoms with Crippen LogP contribution in [0, 0.1) is 6.92 Å². The molecule has 4 nitrogen and oxygen atoms in total. The van der Waals surface area contributed by atoms with E-state index in [1.807, 2.05) is 66.2 Å². The summed E-state index contributed by atoms with van der Waals surface area (Å²) in [4.78, 5) is 0. The van der Waals surface area contributed by atoms with Crippen molar-refractivity contribution in [1.82, 2.24) is 9.78 Å². The molecule has 0 saturated carbocycles. The van der Waals surface area contributed by atoms with Crippen molar-refractivity contribution < 1.29 is 9.84 Å². The molecule has 0 unspecified atom stereocenters. The Morgan fingerprint density at radius 1 is 0.857 bits per heavy atom. The quantitative estimate of drug-likeness (QED) is 0.537. The number of aliphatic hydroxyl groups excluding tert-OH is 1. The number of rotatable bonds is 5. The standard InChI is InChI=1S/C24H22N2O2/c1-17-22(16-27)25-26(24(17)19-8-4-3-5-9-19)23-11-7-6-10-21(23)18-12-14-20(28-2)15-13-18/h3-15,27H,16H2,1-2H3. The smallest absolute Gasteiger partial charge is 0.118 e. The molecule has 0 aliphatic heterocycles. The van der Waals surface area contributed by atoms with Crippen molar-refractivity contribution >= 4 is 0 Å². The van der Waals surface area contributed by atoms with Crippen LogP contribution in [0.25, 0.3) is 28.1 Å². The summed E-state index contributed by atoms with van der Waals surface area (Å²) in [7, 11) is 1.66. The third kappa shape index (κ3) is 3.19. The van der Waals surface area contributed by atoms with E-state index in [1.54, 1.807) is 7.11 Å². The molecule has 1 heterocycles. The molecule has 140 valence electrons. The van der Waals surface area contributed by atoms with Crippen LogP contribution in [-0.2, 0) is 6.61 Å². The molecule has 4 heteroatoms. The van der Waals surface area contributed by atoms with Gasteiger partial charge in [0.15, 0.2) is 0 Å². The van der Waals surface area contributed by atoms with Gasteiger partial charge >= 0.3 is 0 Å². The molecule has 4 aromatic rings. The summed E-state index contributed by atoms with van der Waals surface area (Å²) in [6, 6.07) is 26.3. The van der Waals surface area contributed by atoms with E-state index in [2.05, 4.69) is 24.3 Å². The van der Waals surface area contributed by atoms with Gasteiger partial charge in [-0.3, -0.25) is 0 Å². The molecule has 0 aliphatic rings. The third-order valence-electron chi connectivity index (χ3n) is 4.95. The van der Waals surface area contributed by atoms with E-state index in [4.69, 9.17) is 9.84 Å². The molecule has 3 aromatic carbocycles. The maximum absolute atomic E-state index is 9.80. The normalized spacial score (nSPS) is 10.8. The zero-order valence-corrected chi connectivity index (χ0v) is 16.0. The van der Waals surface area contributed by atoms with Crippen molar-refractivity contribution in [2.45, 2.75) is 13.5 Å². The van der Waals surface area contributed by atoms with Gasteiger partial charge in [-0.25, -0.2) is 4.68 Å². The van der Waals surface area contributed by atoms with Gasteiger partial charge in [0.05, 0.1) is 30.8 Å². The highest BCUT2D eigenvalue weighted by atomic mass is 16.5. The van der Waals surface area contributed by atoms with Crippen LogP contribution in [0.4, 0.5) is 0 Å². The first-order valence-electron chi connectivity index (χ1n) is 9.21. The molecule has 4 rings (SSSR count). The molecular weight excluding hydrogens is 348 g/mol. The van der Waals surface area contributed by atoms with E-state index in [0.29, 0.717) is 5.69 Å². The Balaban J connectivity index is 1.93. The second kappa shape index (κ2) is 7.71. The lowest BCUT2D eigenvalue weighted by Crippen LogP contribution is -2.02. The monoisotopic (exact) mass is 370 g/mol. The topological polar surface area (TPSA) is 47.3 Å². The van der Waals surface area contributed by atoms with E-state index in [9.17, 15) is 5.11 Å². The average Bonchev–Trinajstić information content (AvgIpc) is 3.10. The number of methoxy groups -OCH3 is 1. The predicted octanol–water partition coefficient (Wildman–Crippen LogP) is 5.02. The summed E-state index contributed by atoms with van der Waals surface area (Å²) in [6.07, 6.45) is 0. The molecule has 28 heavy (non-hydrogen) atoms. The van der Waals surface area contributed by atoms with Crippen LogP contribution in [-0.4, -0.2) is 22.0 Å². The minimum Gasteiger partial charge on any atom is -0.497 e. The molecule has 1 aromatic heterocycles. The van der Waals surface area contributed by atoms with Crippen molar-refractivity contribution in [1.29, 1.82) is 0 Å². The molecular formula is C24H22N2O2. The van der Waals surface area contributed by atoms with Crippen LogP contribution in [0.5, 0.6) is 5.75 Å². The zero-order valence-electron chi connectivity index (χ0n) is 16.0. The van der Waals surface area contributed by atoms with Crippen LogP contribution in [0.2, 0.25) is 0 Å². The third-order valence-corrected chi connectivity index (χ3v) is 4.95. The van der Waals surface area contributed by atoms with Crippen LogP contribution in [0.1, 0.15) is 11.3 Å². The molecule has 0 radical (unpaired) electrons. The average molecular weight is 370 g/mol. The van der Waals surface area contributed by atoms with Gasteiger partial charge in [-0.1, -0.05) is 60.7 Å². The van der Waals surface area contributed by atoms with Gasteiger partial charge in [-0.05, 0) is 30.7 Å². The number of benzene rings is 3. The lowest BCUT2D eigenvalue weighted by Gasteiger charge is -2.14. The van der Waals surface area contributed by atoms with Gasteiger partial charge in [0, 0.05) is 16.7 Å². The van der Waals surface area contributed by atoms with Crippen molar-refractivity contribution in [2.75, 3.05) is 7.11 Å². The number of nitrogens with zero attached hydrogens (tertiary/aromatic N) is 2. The Labute approximate surface area is 164 Å². The highest BCUT2D eigenvalue weighted by Gasteiger charge is 2.19. The van der Waals surface area contributed by atoms with Crippen molar-refractivity contribution in [3.63, 3.8) is 0 Å². The fourth-order valence-electron chi connectivity index (χ4n) is 3.47. The molecule has 0 spiro atoms. The molecule has 0 aliphatic carbocycles. The van der Waals surface area contributed by atoms with E-state index < -0.39 is 0 Å². The van der Waals surface area contributed by atoms with Crippen LogP contribution in [0.15, 0.2) is 78.9 Å². The lowest BCUT2D eigenvalue weighted by atomic mass is 10.0. The second-order valence-electron chi connectivity index (χ2n) is 6.60. The SMILES string of the molecule is COc1ccc(-c2ccccc2-n2nc(CO)c(C)c2-c2ccccc2)cc1. The maximum Gasteiger partial charge on any atom is 0.118 e. The first kappa shape index (κ1) is 18.0. The van der Waals surface area contributed by atoms with E-state index in [0.717, 1.165) is 39.4 Å². The van der Waals surface area contributed by atoms with Gasteiger partial charge in [-0.15, -0.1) is 0 Å². The fraction of sp³-hybridized carbons (Fsp3) is 0.125. The Morgan fingerprint density at radius 3 is 2.21 bits per heavy atom. The van der Waals surface area contributed by atoms with Gasteiger partial charge in [0.1, 0.15) is 5.75 Å². The zero-order chi connectivity index (χ0) is 19.5. The number of para-hydroxylation sites is 1. The summed E-state index contributed by atoms with van der Waals surface area (Å²) >= 11 is 0. The maximum atomic E-state index is 9.80. The van der Waals surface area contributed by atoms with Gasteiger partial charge in [0.25, 0.3) is 0 Å². The minimum atomic E-state index is -0.0939. The number of ether oxygens (including phenoxy) is 1. The van der Waals surface area contributed by atoms with Gasteiger partial charge in [-0.2, -0.15) is 5.10 Å². The van der Waals surface area contributed by atoms with E-state index in [1.165, 1.54) is 0 Å². The summed E-state index contributed by atoms with van der Waals surface area (Å²) < 4.78 is 7.23. The van der Waals surface area contributed by atoms with Crippen molar-refractivity contribution in [3.8, 4) is 33.8 Å². The Hall–Kier alpha value is -3.37. The second-order valence-corrected chi connectivity index (χ2v) is 6.60. The summed E-state index contributed by atoms with van der Waals surface area (Å²) in [5, 5.41) is 14.5. The number of aliphatic hydroxyl groups is 1. The molecule has 0 bridgehead atoms. The number of hydrogen-bond donors (Lipinski definition) is 1. The highest BCUT2D eigenvalue weighted by Crippen LogP contribution is 2.34. The predicted molar refractivity (Wildman–Crippen MR) is 112 cm³/mol. The summed E-state index contributed by atoms with van der Waals surface area (Å²) in [5.74, 6) is 0.823. The minimum absolute atomic E-state index is 0.0939. The Morgan fingerprint density at radius 2 is 1.54 bits per heavy atom. The number of hydrogen-bond acceptors (Lipinski definition) is 3. The van der Waals surface area contributed by atoms with Gasteiger partial charge < -0.3 is 9.84 Å². The molecule has 0 atom stereocenters. The van der Waals surface area contributed by atoms with Crippen LogP contribution < -0.4 is 4.74 Å². The largest absolute Gasteiger partial charge is 0.497 e. The fourth-order valence-corrected chi connectivity index (χ4v) is 3.47. The van der Waals surface area contributed by atoms with Crippen LogP contribution in [0.3, 0.4) is 0 Å². The number of aromatic nitrogens is 2. The highest BCUT2D eigenvalue weighted by molar-refractivity contribution is 5.76. The summed E-state index contributed by atoms with van der Waals surface area (Å²) in [6.45, 7) is 1.91. The van der Waals surface area contributed by atoms with Crippen molar-refractivity contribution in [2.24, 2.45) is 0 Å². The summed E-state index contributed by atoms with van der Waals surface area (Å²) in [5.41, 5.74) is 6.83. The van der Waals surface area contributed by atoms with E-state index in [-0.39, 0.29) is 6.61 Å². The molecule has 1 N–H and O–H groups in total. The molecule has 0 saturated heterocycles. The Bertz CT molecular complexity index is 1080. The first-order valence-corrected chi connectivity index (χ1v) is 9.21. The van der Waals surface area contributed by atoms with Crippen LogP contribution >= 0.6 is 0 Å². The lowest BCUT2D eigenvalue weighted by molar-refractivity contribution is 0.275. The van der Waals surface area contributed by atoms with E-state index >= 15 is 0 Å². The first-order chi connectivity index (χ1) is 13.7. The molecule has 0 amide bonds. The Kier molecular flexibility index (Phi) is 4.96. The van der Waals surface area contributed by atoms with Crippen molar-refractivity contribution in [3.05, 3.63) is 90.1 Å². The van der Waals surface area contributed by atoms with Gasteiger partial charge in [0.2, 0.25) is 0 Å².